The number of anilines is 2. The molecule has 0 aliphatic heterocycles. The number of aromatic nitrogens is 3. The SMILES string of the molecule is Cc1ccccc1Nc1c(-c2ccc(Cl)cc2)nc2cnccn12. The van der Waals surface area contributed by atoms with Crippen molar-refractivity contribution in [3.63, 3.8) is 0 Å². The summed E-state index contributed by atoms with van der Waals surface area (Å²) in [5.41, 5.74) is 4.87. The highest BCUT2D eigenvalue weighted by molar-refractivity contribution is 6.30. The number of benzene rings is 2. The fourth-order valence-corrected chi connectivity index (χ4v) is 2.80. The fourth-order valence-electron chi connectivity index (χ4n) is 2.68. The summed E-state index contributed by atoms with van der Waals surface area (Å²) in [7, 11) is 0. The number of hydrogen-bond acceptors (Lipinski definition) is 3. The van der Waals surface area contributed by atoms with Gasteiger partial charge in [0.25, 0.3) is 0 Å². The number of aryl methyl sites for hydroxylation is 1. The van der Waals surface area contributed by atoms with Crippen LogP contribution in [0.1, 0.15) is 5.56 Å². The predicted octanol–water partition coefficient (Wildman–Crippen LogP) is 5.10. The molecule has 4 aromatic rings. The van der Waals surface area contributed by atoms with Crippen molar-refractivity contribution in [2.75, 3.05) is 5.32 Å². The van der Waals surface area contributed by atoms with Gasteiger partial charge in [0, 0.05) is 28.7 Å². The van der Waals surface area contributed by atoms with Crippen LogP contribution < -0.4 is 5.32 Å². The van der Waals surface area contributed by atoms with Gasteiger partial charge in [0.05, 0.1) is 6.20 Å². The molecule has 0 atom stereocenters. The highest BCUT2D eigenvalue weighted by atomic mass is 35.5. The van der Waals surface area contributed by atoms with Gasteiger partial charge in [-0.3, -0.25) is 9.38 Å². The van der Waals surface area contributed by atoms with Crippen LogP contribution in [-0.4, -0.2) is 14.4 Å². The standard InChI is InChI=1S/C19H15ClN4/c1-13-4-2-3-5-16(13)22-19-18(14-6-8-15(20)9-7-14)23-17-12-21-10-11-24(17)19/h2-12,22H,1H3. The molecule has 118 valence electrons. The van der Waals surface area contributed by atoms with Crippen LogP contribution in [-0.2, 0) is 0 Å². The highest BCUT2D eigenvalue weighted by Crippen LogP contribution is 2.32. The first-order valence-electron chi connectivity index (χ1n) is 7.63. The van der Waals surface area contributed by atoms with Gasteiger partial charge in [-0.2, -0.15) is 0 Å². The van der Waals surface area contributed by atoms with Gasteiger partial charge in [-0.15, -0.1) is 0 Å². The van der Waals surface area contributed by atoms with E-state index in [9.17, 15) is 0 Å². The summed E-state index contributed by atoms with van der Waals surface area (Å²) in [4.78, 5) is 8.90. The first-order chi connectivity index (χ1) is 11.7. The summed E-state index contributed by atoms with van der Waals surface area (Å²) in [6.45, 7) is 2.08. The van der Waals surface area contributed by atoms with E-state index in [1.165, 1.54) is 5.56 Å². The highest BCUT2D eigenvalue weighted by Gasteiger charge is 2.15. The molecule has 0 radical (unpaired) electrons. The Morgan fingerprint density at radius 1 is 1.04 bits per heavy atom. The van der Waals surface area contributed by atoms with Crippen LogP contribution in [0.3, 0.4) is 0 Å². The third kappa shape index (κ3) is 2.61. The first-order valence-corrected chi connectivity index (χ1v) is 8.01. The molecular weight excluding hydrogens is 320 g/mol. The molecule has 0 bridgehead atoms. The first kappa shape index (κ1) is 14.7. The monoisotopic (exact) mass is 334 g/mol. The zero-order chi connectivity index (χ0) is 16.5. The van der Waals surface area contributed by atoms with Crippen molar-refractivity contribution in [3.05, 3.63) is 77.7 Å². The molecule has 0 spiro atoms. The minimum absolute atomic E-state index is 0.706. The number of nitrogens with one attached hydrogen (secondary N) is 1. The molecular formula is C19H15ClN4. The van der Waals surface area contributed by atoms with E-state index in [-0.39, 0.29) is 0 Å². The lowest BCUT2D eigenvalue weighted by Crippen LogP contribution is -1.98. The van der Waals surface area contributed by atoms with Gasteiger partial charge in [0.1, 0.15) is 11.5 Å². The maximum Gasteiger partial charge on any atom is 0.157 e. The number of imidazole rings is 1. The third-order valence-corrected chi connectivity index (χ3v) is 4.20. The second-order valence-electron chi connectivity index (χ2n) is 5.56. The summed E-state index contributed by atoms with van der Waals surface area (Å²) < 4.78 is 2.00. The molecule has 1 N–H and O–H groups in total. The molecule has 0 fully saturated rings. The Labute approximate surface area is 144 Å². The van der Waals surface area contributed by atoms with Crippen LogP contribution in [0.5, 0.6) is 0 Å². The maximum absolute atomic E-state index is 6.02. The Kier molecular flexibility index (Phi) is 3.67. The van der Waals surface area contributed by atoms with E-state index in [0.29, 0.717) is 5.02 Å². The van der Waals surface area contributed by atoms with Crippen molar-refractivity contribution in [1.82, 2.24) is 14.4 Å². The molecule has 0 aliphatic rings. The van der Waals surface area contributed by atoms with E-state index in [0.717, 1.165) is 28.4 Å². The molecule has 2 aromatic carbocycles. The summed E-state index contributed by atoms with van der Waals surface area (Å²) in [5.74, 6) is 0.907. The predicted molar refractivity (Wildman–Crippen MR) is 97.9 cm³/mol. The Morgan fingerprint density at radius 3 is 2.62 bits per heavy atom. The van der Waals surface area contributed by atoms with E-state index in [4.69, 9.17) is 16.6 Å². The van der Waals surface area contributed by atoms with Crippen molar-refractivity contribution in [1.29, 1.82) is 0 Å². The van der Waals surface area contributed by atoms with Gasteiger partial charge in [0.15, 0.2) is 5.65 Å². The summed E-state index contributed by atoms with van der Waals surface area (Å²) >= 11 is 6.02. The quantitative estimate of drug-likeness (QED) is 0.566. The number of halogens is 1. The topological polar surface area (TPSA) is 42.2 Å². The van der Waals surface area contributed by atoms with Crippen molar-refractivity contribution < 1.29 is 0 Å². The van der Waals surface area contributed by atoms with Gasteiger partial charge in [-0.25, -0.2) is 4.98 Å². The zero-order valence-corrected chi connectivity index (χ0v) is 13.8. The number of rotatable bonds is 3. The average Bonchev–Trinajstić information content (AvgIpc) is 2.96. The molecule has 4 nitrogen and oxygen atoms in total. The lowest BCUT2D eigenvalue weighted by molar-refractivity contribution is 1.13. The molecule has 4 rings (SSSR count). The van der Waals surface area contributed by atoms with E-state index in [1.54, 1.807) is 12.4 Å². The smallest absolute Gasteiger partial charge is 0.157 e. The molecule has 2 heterocycles. The van der Waals surface area contributed by atoms with Crippen LogP contribution >= 0.6 is 11.6 Å². The van der Waals surface area contributed by atoms with Gasteiger partial charge < -0.3 is 5.32 Å². The van der Waals surface area contributed by atoms with Crippen LogP contribution in [0.4, 0.5) is 11.5 Å². The lowest BCUT2D eigenvalue weighted by atomic mass is 10.1. The van der Waals surface area contributed by atoms with E-state index in [1.807, 2.05) is 47.0 Å². The summed E-state index contributed by atoms with van der Waals surface area (Å²) in [5, 5.41) is 4.22. The van der Waals surface area contributed by atoms with E-state index < -0.39 is 0 Å². The number of para-hydroxylation sites is 1. The van der Waals surface area contributed by atoms with Gasteiger partial charge >= 0.3 is 0 Å². The molecule has 2 aromatic heterocycles. The Morgan fingerprint density at radius 2 is 1.83 bits per heavy atom. The molecule has 5 heteroatoms. The molecule has 0 amide bonds. The van der Waals surface area contributed by atoms with Gasteiger partial charge in [-0.1, -0.05) is 41.9 Å². The third-order valence-electron chi connectivity index (χ3n) is 3.95. The number of hydrogen-bond donors (Lipinski definition) is 1. The van der Waals surface area contributed by atoms with Crippen LogP contribution in [0.15, 0.2) is 67.1 Å². The van der Waals surface area contributed by atoms with Gasteiger partial charge in [0.2, 0.25) is 0 Å². The molecule has 0 saturated heterocycles. The van der Waals surface area contributed by atoms with E-state index >= 15 is 0 Å². The van der Waals surface area contributed by atoms with Crippen LogP contribution in [0.25, 0.3) is 16.9 Å². The second kappa shape index (κ2) is 5.98. The van der Waals surface area contributed by atoms with Gasteiger partial charge in [-0.05, 0) is 30.7 Å². The van der Waals surface area contributed by atoms with Crippen molar-refractivity contribution in [2.24, 2.45) is 0 Å². The molecule has 0 saturated carbocycles. The molecule has 24 heavy (non-hydrogen) atoms. The Balaban J connectivity index is 1.90. The fraction of sp³-hybridized carbons (Fsp3) is 0.0526. The maximum atomic E-state index is 6.02. The summed E-state index contributed by atoms with van der Waals surface area (Å²) in [6, 6.07) is 15.9. The van der Waals surface area contributed by atoms with E-state index in [2.05, 4.69) is 29.4 Å². The van der Waals surface area contributed by atoms with Crippen LogP contribution in [0.2, 0.25) is 5.02 Å². The minimum atomic E-state index is 0.706. The number of nitrogens with zero attached hydrogens (tertiary/aromatic N) is 3. The molecule has 0 aliphatic carbocycles. The Hall–Kier alpha value is -2.85. The Bertz CT molecular complexity index is 1010. The van der Waals surface area contributed by atoms with Crippen molar-refractivity contribution in [3.8, 4) is 11.3 Å². The average molecular weight is 335 g/mol. The second-order valence-corrected chi connectivity index (χ2v) is 6.00. The van der Waals surface area contributed by atoms with Crippen LogP contribution in [0, 0.1) is 6.92 Å². The summed E-state index contributed by atoms with van der Waals surface area (Å²) in [6.07, 6.45) is 5.41. The molecule has 0 unspecified atom stereocenters. The minimum Gasteiger partial charge on any atom is -0.339 e. The van der Waals surface area contributed by atoms with Crippen molar-refractivity contribution in [2.45, 2.75) is 6.92 Å². The normalized spacial score (nSPS) is 10.9. The largest absolute Gasteiger partial charge is 0.339 e. The zero-order valence-electron chi connectivity index (χ0n) is 13.1. The van der Waals surface area contributed by atoms with Crippen molar-refractivity contribution >= 4 is 28.8 Å². The lowest BCUT2D eigenvalue weighted by Gasteiger charge is -2.11. The number of fused-ring (bicyclic) bond motifs is 1.